The van der Waals surface area contributed by atoms with Crippen molar-refractivity contribution < 1.29 is 4.79 Å². The van der Waals surface area contributed by atoms with E-state index >= 15 is 0 Å². The van der Waals surface area contributed by atoms with E-state index in [1.165, 1.54) is 18.5 Å². The molecule has 3 aromatic rings. The van der Waals surface area contributed by atoms with Gasteiger partial charge >= 0.3 is 0 Å². The molecule has 1 fully saturated rings. The summed E-state index contributed by atoms with van der Waals surface area (Å²) in [7, 11) is 0. The van der Waals surface area contributed by atoms with Crippen molar-refractivity contribution in [2.45, 2.75) is 25.7 Å². The van der Waals surface area contributed by atoms with Crippen LogP contribution in [0.15, 0.2) is 48.8 Å². The largest absolute Gasteiger partial charge is 0.306 e. The lowest BCUT2D eigenvalue weighted by Crippen LogP contribution is -2.00. The van der Waals surface area contributed by atoms with Gasteiger partial charge in [0.1, 0.15) is 0 Å². The minimum absolute atomic E-state index is 0.0386. The van der Waals surface area contributed by atoms with E-state index in [-0.39, 0.29) is 5.78 Å². The van der Waals surface area contributed by atoms with Crippen molar-refractivity contribution >= 4 is 5.78 Å². The van der Waals surface area contributed by atoms with Crippen LogP contribution in [0, 0.1) is 6.92 Å². The van der Waals surface area contributed by atoms with Crippen molar-refractivity contribution in [2.24, 2.45) is 0 Å². The highest BCUT2D eigenvalue weighted by atomic mass is 16.1. The van der Waals surface area contributed by atoms with Gasteiger partial charge in [0, 0.05) is 41.2 Å². The first-order valence-corrected chi connectivity index (χ1v) is 7.56. The van der Waals surface area contributed by atoms with E-state index in [4.69, 9.17) is 0 Å². The van der Waals surface area contributed by atoms with Crippen molar-refractivity contribution in [3.63, 3.8) is 0 Å². The summed E-state index contributed by atoms with van der Waals surface area (Å²) in [6.45, 7) is 2.01. The molecule has 110 valence electrons. The van der Waals surface area contributed by atoms with Crippen molar-refractivity contribution in [3.05, 3.63) is 71.2 Å². The molecule has 0 radical (unpaired) electrons. The molecule has 0 bridgehead atoms. The Labute approximate surface area is 128 Å². The maximum Gasteiger partial charge on any atom is 0.194 e. The molecular formula is C18H17N3O. The third kappa shape index (κ3) is 2.37. The molecule has 1 aromatic carbocycles. The second kappa shape index (κ2) is 4.98. The van der Waals surface area contributed by atoms with Crippen LogP contribution in [0.1, 0.15) is 45.9 Å². The lowest BCUT2D eigenvalue weighted by atomic mass is 10.0. The van der Waals surface area contributed by atoms with Crippen molar-refractivity contribution in [2.75, 3.05) is 0 Å². The first kappa shape index (κ1) is 13.1. The summed E-state index contributed by atoms with van der Waals surface area (Å²) in [5.41, 5.74) is 3.73. The number of aromatic nitrogens is 3. The minimum Gasteiger partial charge on any atom is -0.306 e. The average Bonchev–Trinajstić information content (AvgIpc) is 3.07. The molecule has 0 atom stereocenters. The number of ketones is 1. The fourth-order valence-corrected chi connectivity index (χ4v) is 2.61. The van der Waals surface area contributed by atoms with Crippen LogP contribution in [-0.4, -0.2) is 20.5 Å². The summed E-state index contributed by atoms with van der Waals surface area (Å²) in [5, 5.41) is 7.42. The highest BCUT2D eigenvalue weighted by molar-refractivity contribution is 6.08. The zero-order valence-corrected chi connectivity index (χ0v) is 12.4. The van der Waals surface area contributed by atoms with Crippen LogP contribution < -0.4 is 0 Å². The molecule has 0 saturated heterocycles. The molecule has 0 aliphatic heterocycles. The number of hydrogen-bond acceptors (Lipinski definition) is 2. The van der Waals surface area contributed by atoms with Crippen LogP contribution in [0.3, 0.4) is 0 Å². The molecule has 1 N–H and O–H groups in total. The zero-order valence-electron chi connectivity index (χ0n) is 12.4. The van der Waals surface area contributed by atoms with Gasteiger partial charge in [0.25, 0.3) is 0 Å². The Morgan fingerprint density at radius 3 is 2.68 bits per heavy atom. The van der Waals surface area contributed by atoms with Gasteiger partial charge in [0.05, 0.1) is 0 Å². The maximum absolute atomic E-state index is 12.5. The molecular weight excluding hydrogens is 274 g/mol. The fraction of sp³-hybridized carbons (Fsp3) is 0.222. The lowest BCUT2D eigenvalue weighted by molar-refractivity contribution is 0.103. The first-order chi connectivity index (χ1) is 10.7. The van der Waals surface area contributed by atoms with E-state index in [2.05, 4.69) is 16.3 Å². The van der Waals surface area contributed by atoms with E-state index in [1.807, 2.05) is 54.2 Å². The zero-order chi connectivity index (χ0) is 15.1. The Kier molecular flexibility index (Phi) is 2.96. The molecule has 4 heteroatoms. The van der Waals surface area contributed by atoms with Crippen LogP contribution >= 0.6 is 0 Å². The number of hydrogen-bond donors (Lipinski definition) is 1. The summed E-state index contributed by atoms with van der Waals surface area (Å²) < 4.78 is 1.89. The average molecular weight is 291 g/mol. The van der Waals surface area contributed by atoms with Gasteiger partial charge in [0.2, 0.25) is 0 Å². The van der Waals surface area contributed by atoms with Gasteiger partial charge in [0.15, 0.2) is 11.6 Å². The van der Waals surface area contributed by atoms with E-state index in [1.54, 1.807) is 0 Å². The molecule has 1 saturated carbocycles. The maximum atomic E-state index is 12.5. The second-order valence-corrected chi connectivity index (χ2v) is 5.96. The number of carbonyl (C=O) groups is 1. The van der Waals surface area contributed by atoms with Crippen LogP contribution in [-0.2, 0) is 0 Å². The standard InChI is InChI=1S/C18H17N3O/c1-12-2-4-14(5-3-12)18(22)15-8-9-21(11-15)17-10-16(19-20-17)13-6-7-13/h2-5,8-11,13H,6-7H2,1H3,(H,19,20). The van der Waals surface area contributed by atoms with Crippen LogP contribution in [0.25, 0.3) is 5.82 Å². The van der Waals surface area contributed by atoms with Gasteiger partial charge < -0.3 is 4.57 Å². The van der Waals surface area contributed by atoms with Crippen molar-refractivity contribution in [1.29, 1.82) is 0 Å². The molecule has 1 aliphatic carbocycles. The summed E-state index contributed by atoms with van der Waals surface area (Å²) in [6.07, 6.45) is 6.21. The van der Waals surface area contributed by atoms with E-state index < -0.39 is 0 Å². The number of aryl methyl sites for hydroxylation is 1. The lowest BCUT2D eigenvalue weighted by Gasteiger charge is -1.99. The summed E-state index contributed by atoms with van der Waals surface area (Å²) in [6, 6.07) is 11.6. The topological polar surface area (TPSA) is 50.7 Å². The number of carbonyl (C=O) groups excluding carboxylic acids is 1. The first-order valence-electron chi connectivity index (χ1n) is 7.56. The monoisotopic (exact) mass is 291 g/mol. The van der Waals surface area contributed by atoms with Crippen LogP contribution in [0.5, 0.6) is 0 Å². The van der Waals surface area contributed by atoms with Crippen LogP contribution in [0.4, 0.5) is 0 Å². The Bertz CT molecular complexity index is 822. The number of aromatic amines is 1. The minimum atomic E-state index is 0.0386. The number of nitrogens with one attached hydrogen (secondary N) is 1. The Balaban J connectivity index is 1.59. The molecule has 4 rings (SSSR count). The number of rotatable bonds is 4. The SMILES string of the molecule is Cc1ccc(C(=O)c2ccn(-c3cc(C4CC4)[nH]n3)c2)cc1. The highest BCUT2D eigenvalue weighted by Crippen LogP contribution is 2.39. The number of nitrogens with zero attached hydrogens (tertiary/aromatic N) is 2. The van der Waals surface area contributed by atoms with Gasteiger partial charge in [-0.15, -0.1) is 0 Å². The molecule has 2 heterocycles. The normalized spacial score (nSPS) is 14.2. The van der Waals surface area contributed by atoms with Crippen LogP contribution in [0.2, 0.25) is 0 Å². The summed E-state index contributed by atoms with van der Waals surface area (Å²) in [5.74, 6) is 1.52. The Morgan fingerprint density at radius 2 is 1.95 bits per heavy atom. The summed E-state index contributed by atoms with van der Waals surface area (Å²) in [4.78, 5) is 12.5. The fourth-order valence-electron chi connectivity index (χ4n) is 2.61. The van der Waals surface area contributed by atoms with Crippen molar-refractivity contribution in [1.82, 2.24) is 14.8 Å². The molecule has 0 amide bonds. The molecule has 2 aromatic heterocycles. The summed E-state index contributed by atoms with van der Waals surface area (Å²) >= 11 is 0. The molecule has 4 nitrogen and oxygen atoms in total. The Hall–Kier alpha value is -2.62. The number of H-pyrrole nitrogens is 1. The molecule has 0 unspecified atom stereocenters. The van der Waals surface area contributed by atoms with E-state index in [0.717, 1.165) is 11.4 Å². The molecule has 22 heavy (non-hydrogen) atoms. The quantitative estimate of drug-likeness (QED) is 0.746. The predicted molar refractivity (Wildman–Crippen MR) is 84.5 cm³/mol. The van der Waals surface area contributed by atoms with Gasteiger partial charge in [-0.1, -0.05) is 29.8 Å². The van der Waals surface area contributed by atoms with E-state index in [0.29, 0.717) is 17.0 Å². The third-order valence-electron chi connectivity index (χ3n) is 4.13. The third-order valence-corrected chi connectivity index (χ3v) is 4.13. The highest BCUT2D eigenvalue weighted by Gasteiger charge is 2.25. The molecule has 1 aliphatic rings. The number of benzene rings is 1. The molecule has 0 spiro atoms. The van der Waals surface area contributed by atoms with Gasteiger partial charge in [-0.05, 0) is 25.8 Å². The van der Waals surface area contributed by atoms with E-state index in [9.17, 15) is 4.79 Å². The van der Waals surface area contributed by atoms with Gasteiger partial charge in [-0.25, -0.2) is 0 Å². The Morgan fingerprint density at radius 1 is 1.18 bits per heavy atom. The second-order valence-electron chi connectivity index (χ2n) is 5.96. The van der Waals surface area contributed by atoms with Crippen molar-refractivity contribution in [3.8, 4) is 5.82 Å². The van der Waals surface area contributed by atoms with Gasteiger partial charge in [-0.2, -0.15) is 5.10 Å². The predicted octanol–water partition coefficient (Wildman–Crippen LogP) is 3.62. The smallest absolute Gasteiger partial charge is 0.194 e. The van der Waals surface area contributed by atoms with Gasteiger partial charge in [-0.3, -0.25) is 9.89 Å².